The summed E-state index contributed by atoms with van der Waals surface area (Å²) >= 11 is -2.09. The standard InChI is InChI=1S/C29H40Ge/c1-4-7-8-9-16-24-30(5-2,6-3)28-23-17-22-27(28)29(25-18-12-10-13-19-25)26-20-14-11-15-21-26/h10-15,18-23,29H,4-9,16-17,24H2,1-3H3. The van der Waals surface area contributed by atoms with Gasteiger partial charge in [0.1, 0.15) is 0 Å². The first kappa shape index (κ1) is 23.1. The second-order valence-corrected chi connectivity index (χ2v) is 19.4. The number of benzene rings is 2. The fourth-order valence-corrected chi connectivity index (χ4v) is 15.0. The third kappa shape index (κ3) is 5.38. The Bertz CT molecular complexity index is 772. The van der Waals surface area contributed by atoms with E-state index in [9.17, 15) is 0 Å². The molecule has 160 valence electrons. The van der Waals surface area contributed by atoms with Gasteiger partial charge in [-0.1, -0.05) is 0 Å². The number of hydrogen-bond acceptors (Lipinski definition) is 0. The van der Waals surface area contributed by atoms with E-state index < -0.39 is 13.3 Å². The summed E-state index contributed by atoms with van der Waals surface area (Å²) in [4.78, 5) is 0. The van der Waals surface area contributed by atoms with Crippen LogP contribution in [-0.2, 0) is 0 Å². The SMILES string of the molecule is CCCCCC[CH2][Ge]([CH2]C)([CH2]C)[C]1=CCC=C1C(c1ccccc1)c1ccccc1. The summed E-state index contributed by atoms with van der Waals surface area (Å²) < 4.78 is 1.83. The minimum atomic E-state index is -2.09. The summed E-state index contributed by atoms with van der Waals surface area (Å²) in [7, 11) is 0. The summed E-state index contributed by atoms with van der Waals surface area (Å²) in [5, 5.41) is 4.35. The van der Waals surface area contributed by atoms with Gasteiger partial charge >= 0.3 is 188 Å². The molecule has 0 N–H and O–H groups in total. The number of hydrogen-bond donors (Lipinski definition) is 0. The maximum absolute atomic E-state index is 2.63. The Morgan fingerprint density at radius 1 is 0.700 bits per heavy atom. The Morgan fingerprint density at radius 3 is 1.80 bits per heavy atom. The molecule has 0 unspecified atom stereocenters. The molecule has 3 rings (SSSR count). The van der Waals surface area contributed by atoms with E-state index in [0.29, 0.717) is 5.92 Å². The minimum absolute atomic E-state index is 0.379. The third-order valence-electron chi connectivity index (χ3n) is 7.23. The van der Waals surface area contributed by atoms with Crippen LogP contribution in [0.4, 0.5) is 0 Å². The topological polar surface area (TPSA) is 0 Å². The molecule has 30 heavy (non-hydrogen) atoms. The van der Waals surface area contributed by atoms with Crippen molar-refractivity contribution < 1.29 is 0 Å². The van der Waals surface area contributed by atoms with Crippen LogP contribution in [-0.4, -0.2) is 13.3 Å². The first-order valence-electron chi connectivity index (χ1n) is 12.3. The van der Waals surface area contributed by atoms with Gasteiger partial charge in [0.15, 0.2) is 0 Å². The first-order valence-corrected chi connectivity index (χ1v) is 17.8. The van der Waals surface area contributed by atoms with Crippen molar-refractivity contribution in [1.29, 1.82) is 0 Å². The molecule has 0 nitrogen and oxygen atoms in total. The van der Waals surface area contributed by atoms with Gasteiger partial charge in [0.25, 0.3) is 0 Å². The van der Waals surface area contributed by atoms with Gasteiger partial charge in [-0.25, -0.2) is 0 Å². The van der Waals surface area contributed by atoms with Gasteiger partial charge in [0.05, 0.1) is 0 Å². The molecule has 0 saturated heterocycles. The van der Waals surface area contributed by atoms with Crippen LogP contribution >= 0.6 is 0 Å². The van der Waals surface area contributed by atoms with E-state index in [1.807, 2.05) is 4.41 Å². The van der Waals surface area contributed by atoms with Crippen LogP contribution in [0.25, 0.3) is 0 Å². The van der Waals surface area contributed by atoms with Crippen LogP contribution < -0.4 is 0 Å². The van der Waals surface area contributed by atoms with Crippen LogP contribution in [0.3, 0.4) is 0 Å². The molecule has 2 aromatic carbocycles. The van der Waals surface area contributed by atoms with E-state index in [-0.39, 0.29) is 0 Å². The average molecular weight is 461 g/mol. The van der Waals surface area contributed by atoms with Crippen molar-refractivity contribution in [2.45, 2.75) is 81.0 Å². The Morgan fingerprint density at radius 2 is 1.27 bits per heavy atom. The quantitative estimate of drug-likeness (QED) is 0.219. The number of rotatable bonds is 12. The molecule has 2 aromatic rings. The van der Waals surface area contributed by atoms with Gasteiger partial charge in [0.2, 0.25) is 0 Å². The first-order chi connectivity index (χ1) is 14.8. The van der Waals surface area contributed by atoms with Crippen LogP contribution in [0.1, 0.15) is 76.3 Å². The van der Waals surface area contributed by atoms with Crippen molar-refractivity contribution in [3.63, 3.8) is 0 Å². The van der Waals surface area contributed by atoms with Crippen molar-refractivity contribution in [2.75, 3.05) is 0 Å². The van der Waals surface area contributed by atoms with Crippen molar-refractivity contribution in [3.05, 3.63) is 93.9 Å². The zero-order chi connectivity index (χ0) is 21.2. The monoisotopic (exact) mass is 462 g/mol. The summed E-state index contributed by atoms with van der Waals surface area (Å²) in [6.07, 6.45) is 13.3. The van der Waals surface area contributed by atoms with Crippen molar-refractivity contribution >= 4 is 13.3 Å². The van der Waals surface area contributed by atoms with E-state index in [2.05, 4.69) is 93.6 Å². The molecule has 0 amide bonds. The van der Waals surface area contributed by atoms with Gasteiger partial charge < -0.3 is 0 Å². The van der Waals surface area contributed by atoms with Gasteiger partial charge in [0, 0.05) is 0 Å². The van der Waals surface area contributed by atoms with Gasteiger partial charge in [-0.3, -0.25) is 0 Å². The predicted octanol–water partition coefficient (Wildman–Crippen LogP) is 9.07. The molecule has 0 saturated carbocycles. The molecule has 0 radical (unpaired) electrons. The predicted molar refractivity (Wildman–Crippen MR) is 136 cm³/mol. The van der Waals surface area contributed by atoms with Crippen LogP contribution in [0.15, 0.2) is 82.8 Å². The molecule has 1 heteroatoms. The van der Waals surface area contributed by atoms with E-state index in [1.54, 1.807) is 5.57 Å². The summed E-state index contributed by atoms with van der Waals surface area (Å²) in [6.45, 7) is 7.30. The van der Waals surface area contributed by atoms with Crippen molar-refractivity contribution in [1.82, 2.24) is 0 Å². The number of allylic oxidation sites excluding steroid dienone is 4. The third-order valence-corrected chi connectivity index (χ3v) is 19.1. The van der Waals surface area contributed by atoms with Crippen molar-refractivity contribution in [2.24, 2.45) is 0 Å². The summed E-state index contributed by atoms with van der Waals surface area (Å²) in [5.41, 5.74) is 4.52. The molecule has 1 aliphatic rings. The molecule has 0 aromatic heterocycles. The van der Waals surface area contributed by atoms with Gasteiger partial charge in [-0.15, -0.1) is 0 Å². The second-order valence-electron chi connectivity index (χ2n) is 8.92. The summed E-state index contributed by atoms with van der Waals surface area (Å²) in [6, 6.07) is 22.4. The van der Waals surface area contributed by atoms with Crippen LogP contribution in [0.2, 0.25) is 15.8 Å². The van der Waals surface area contributed by atoms with Gasteiger partial charge in [-0.05, 0) is 0 Å². The van der Waals surface area contributed by atoms with Crippen molar-refractivity contribution in [3.8, 4) is 0 Å². The number of unbranched alkanes of at least 4 members (excludes halogenated alkanes) is 4. The average Bonchev–Trinajstić information content (AvgIpc) is 3.28. The zero-order valence-corrected chi connectivity index (χ0v) is 21.5. The molecule has 0 aliphatic heterocycles. The molecular weight excluding hydrogens is 421 g/mol. The Labute approximate surface area is 187 Å². The second kappa shape index (κ2) is 11.7. The van der Waals surface area contributed by atoms with Crippen LogP contribution in [0.5, 0.6) is 0 Å². The van der Waals surface area contributed by atoms with E-state index in [1.165, 1.54) is 59.0 Å². The van der Waals surface area contributed by atoms with Crippen LogP contribution in [0, 0.1) is 0 Å². The fraction of sp³-hybridized carbons (Fsp3) is 0.448. The van der Waals surface area contributed by atoms with E-state index >= 15 is 0 Å². The Hall–Kier alpha value is -1.54. The van der Waals surface area contributed by atoms with E-state index in [4.69, 9.17) is 0 Å². The molecule has 0 atom stereocenters. The molecular formula is C29H40Ge. The Balaban J connectivity index is 1.92. The summed E-state index contributed by atoms with van der Waals surface area (Å²) in [5.74, 6) is 0.379. The molecule has 0 fully saturated rings. The molecule has 0 spiro atoms. The Kier molecular flexibility index (Phi) is 9.06. The molecule has 1 aliphatic carbocycles. The fourth-order valence-electron chi connectivity index (χ4n) is 5.36. The van der Waals surface area contributed by atoms with E-state index in [0.717, 1.165) is 6.42 Å². The maximum atomic E-state index is 2.63. The molecule has 0 heterocycles. The molecule has 0 bridgehead atoms. The van der Waals surface area contributed by atoms with Gasteiger partial charge in [-0.2, -0.15) is 0 Å². The normalized spacial score (nSPS) is 14.1. The zero-order valence-electron chi connectivity index (χ0n) is 19.4.